The van der Waals surface area contributed by atoms with Crippen LogP contribution in [0.4, 0.5) is 0 Å². The van der Waals surface area contributed by atoms with Gasteiger partial charge in [-0.1, -0.05) is 0 Å². The number of nitrogens with zero attached hydrogens (tertiary/aromatic N) is 3. The second kappa shape index (κ2) is 3.37. The number of likely N-dealkylation sites (N-methyl/N-ethyl adjacent to an activating group) is 1. The maximum absolute atomic E-state index is 10.5. The van der Waals surface area contributed by atoms with Crippen LogP contribution in [0, 0.1) is 0 Å². The highest BCUT2D eigenvalue weighted by Crippen LogP contribution is 2.29. The smallest absolute Gasteiger partial charge is 0.141 e. The van der Waals surface area contributed by atoms with Crippen LogP contribution in [0.5, 0.6) is 0 Å². The molecular formula is C10H17N3O. The molecule has 1 unspecified atom stereocenters. The van der Waals surface area contributed by atoms with Crippen molar-refractivity contribution in [2.45, 2.75) is 18.4 Å². The van der Waals surface area contributed by atoms with E-state index in [1.807, 2.05) is 24.9 Å². The van der Waals surface area contributed by atoms with Crippen molar-refractivity contribution in [3.8, 4) is 0 Å². The molecule has 0 aliphatic carbocycles. The lowest BCUT2D eigenvalue weighted by molar-refractivity contribution is -0.0367. The summed E-state index contributed by atoms with van der Waals surface area (Å²) in [6, 6.07) is 0. The fraction of sp³-hybridized carbons (Fsp3) is 0.700. The highest BCUT2D eigenvalue weighted by molar-refractivity contribution is 5.07. The normalized spacial score (nSPS) is 29.4. The molecule has 1 aromatic rings. The molecular weight excluding hydrogens is 178 g/mol. The van der Waals surface area contributed by atoms with Crippen molar-refractivity contribution in [1.82, 2.24) is 14.5 Å². The highest BCUT2D eigenvalue weighted by Gasteiger charge is 2.36. The van der Waals surface area contributed by atoms with Crippen LogP contribution >= 0.6 is 0 Å². The number of β-amino-alcohol motifs (C(OH)–C–C–N with tert-alkyl or cyclic N) is 1. The summed E-state index contributed by atoms with van der Waals surface area (Å²) in [6.45, 7) is 1.74. The number of imidazole rings is 1. The summed E-state index contributed by atoms with van der Waals surface area (Å²) in [7, 11) is 3.96. The standard InChI is InChI=1S/C10H17N3O/c1-12-6-3-4-10(14,8-12)9-11-5-7-13(9)2/h5,7,14H,3-4,6,8H2,1-2H3. The van der Waals surface area contributed by atoms with E-state index in [-0.39, 0.29) is 0 Å². The molecule has 0 aromatic carbocycles. The van der Waals surface area contributed by atoms with Gasteiger partial charge >= 0.3 is 0 Å². The van der Waals surface area contributed by atoms with Gasteiger partial charge in [-0.05, 0) is 26.4 Å². The molecule has 4 heteroatoms. The topological polar surface area (TPSA) is 41.3 Å². The van der Waals surface area contributed by atoms with E-state index in [1.54, 1.807) is 6.20 Å². The summed E-state index contributed by atoms with van der Waals surface area (Å²) in [4.78, 5) is 6.38. The van der Waals surface area contributed by atoms with Crippen LogP contribution in [-0.4, -0.2) is 39.7 Å². The van der Waals surface area contributed by atoms with Crippen molar-refractivity contribution < 1.29 is 5.11 Å². The van der Waals surface area contributed by atoms with Crippen LogP contribution in [-0.2, 0) is 12.6 Å². The van der Waals surface area contributed by atoms with E-state index in [0.717, 1.165) is 25.2 Å². The van der Waals surface area contributed by atoms with Gasteiger partial charge in [0.1, 0.15) is 11.4 Å². The summed E-state index contributed by atoms with van der Waals surface area (Å²) >= 11 is 0. The van der Waals surface area contributed by atoms with Crippen LogP contribution < -0.4 is 0 Å². The third-order valence-corrected chi connectivity index (χ3v) is 2.90. The summed E-state index contributed by atoms with van der Waals surface area (Å²) < 4.78 is 1.90. The number of rotatable bonds is 1. The molecule has 78 valence electrons. The van der Waals surface area contributed by atoms with Gasteiger partial charge in [-0.2, -0.15) is 0 Å². The van der Waals surface area contributed by atoms with Gasteiger partial charge in [-0.15, -0.1) is 0 Å². The Morgan fingerprint density at radius 2 is 2.29 bits per heavy atom. The molecule has 0 amide bonds. The van der Waals surface area contributed by atoms with Crippen LogP contribution in [0.15, 0.2) is 12.4 Å². The summed E-state index contributed by atoms with van der Waals surface area (Å²) in [5, 5.41) is 10.5. The number of aryl methyl sites for hydroxylation is 1. The molecule has 0 spiro atoms. The molecule has 1 N–H and O–H groups in total. The number of hydrogen-bond acceptors (Lipinski definition) is 3. The highest BCUT2D eigenvalue weighted by atomic mass is 16.3. The largest absolute Gasteiger partial charge is 0.381 e. The minimum absolute atomic E-state index is 0.678. The van der Waals surface area contributed by atoms with Gasteiger partial charge in [0, 0.05) is 26.0 Å². The van der Waals surface area contributed by atoms with Crippen molar-refractivity contribution in [3.63, 3.8) is 0 Å². The molecule has 0 saturated carbocycles. The van der Waals surface area contributed by atoms with Gasteiger partial charge < -0.3 is 14.6 Å². The number of aromatic nitrogens is 2. The Kier molecular flexibility index (Phi) is 2.33. The number of likely N-dealkylation sites (tertiary alicyclic amines) is 1. The second-order valence-electron chi connectivity index (χ2n) is 4.23. The molecule has 14 heavy (non-hydrogen) atoms. The van der Waals surface area contributed by atoms with E-state index in [1.165, 1.54) is 0 Å². The van der Waals surface area contributed by atoms with Crippen LogP contribution in [0.25, 0.3) is 0 Å². The van der Waals surface area contributed by atoms with Crippen LogP contribution in [0.2, 0.25) is 0 Å². The summed E-state index contributed by atoms with van der Waals surface area (Å²) in [6.07, 6.45) is 5.45. The maximum Gasteiger partial charge on any atom is 0.141 e. The van der Waals surface area contributed by atoms with E-state index in [0.29, 0.717) is 6.54 Å². The van der Waals surface area contributed by atoms with Crippen molar-refractivity contribution in [2.24, 2.45) is 7.05 Å². The predicted octanol–water partition coefficient (Wildman–Crippen LogP) is 0.333. The van der Waals surface area contributed by atoms with Crippen LogP contribution in [0.1, 0.15) is 18.7 Å². The zero-order chi connectivity index (χ0) is 10.2. The Bertz CT molecular complexity index is 323. The fourth-order valence-electron chi connectivity index (χ4n) is 2.24. The molecule has 0 bridgehead atoms. The van der Waals surface area contributed by atoms with E-state index in [4.69, 9.17) is 0 Å². The zero-order valence-electron chi connectivity index (χ0n) is 8.77. The van der Waals surface area contributed by atoms with E-state index in [9.17, 15) is 5.11 Å². The first-order valence-electron chi connectivity index (χ1n) is 5.00. The maximum atomic E-state index is 10.5. The first kappa shape index (κ1) is 9.68. The minimum Gasteiger partial charge on any atom is -0.381 e. The number of hydrogen-bond donors (Lipinski definition) is 1. The molecule has 1 aromatic heterocycles. The zero-order valence-corrected chi connectivity index (χ0v) is 8.77. The third kappa shape index (κ3) is 1.55. The van der Waals surface area contributed by atoms with E-state index in [2.05, 4.69) is 9.88 Å². The summed E-state index contributed by atoms with van der Waals surface area (Å²) in [5.74, 6) is 0.782. The molecule has 2 rings (SSSR count). The molecule has 1 saturated heterocycles. The Morgan fingerprint density at radius 3 is 2.86 bits per heavy atom. The molecule has 1 fully saturated rings. The fourth-order valence-corrected chi connectivity index (χ4v) is 2.24. The first-order chi connectivity index (χ1) is 6.62. The van der Waals surface area contributed by atoms with Crippen molar-refractivity contribution in [3.05, 3.63) is 18.2 Å². The quantitative estimate of drug-likeness (QED) is 0.702. The van der Waals surface area contributed by atoms with Gasteiger partial charge in [-0.25, -0.2) is 4.98 Å². The van der Waals surface area contributed by atoms with Crippen molar-refractivity contribution >= 4 is 0 Å². The molecule has 1 aliphatic heterocycles. The monoisotopic (exact) mass is 195 g/mol. The predicted molar refractivity (Wildman–Crippen MR) is 53.8 cm³/mol. The van der Waals surface area contributed by atoms with E-state index >= 15 is 0 Å². The van der Waals surface area contributed by atoms with Crippen molar-refractivity contribution in [2.75, 3.05) is 20.1 Å². The SMILES string of the molecule is CN1CCCC(O)(c2nccn2C)C1. The lowest BCUT2D eigenvalue weighted by atomic mass is 9.92. The summed E-state index contributed by atoms with van der Waals surface area (Å²) in [5.41, 5.74) is -0.759. The first-order valence-corrected chi connectivity index (χ1v) is 5.00. The average Bonchev–Trinajstić information content (AvgIpc) is 2.51. The Hall–Kier alpha value is -0.870. The third-order valence-electron chi connectivity index (χ3n) is 2.90. The van der Waals surface area contributed by atoms with Crippen molar-refractivity contribution in [1.29, 1.82) is 0 Å². The van der Waals surface area contributed by atoms with Gasteiger partial charge in [0.2, 0.25) is 0 Å². The molecule has 2 heterocycles. The lowest BCUT2D eigenvalue weighted by Crippen LogP contribution is -2.45. The van der Waals surface area contributed by atoms with Gasteiger partial charge in [-0.3, -0.25) is 0 Å². The van der Waals surface area contributed by atoms with E-state index < -0.39 is 5.60 Å². The van der Waals surface area contributed by atoms with Gasteiger partial charge in [0.05, 0.1) is 0 Å². The Morgan fingerprint density at radius 1 is 1.50 bits per heavy atom. The van der Waals surface area contributed by atoms with Gasteiger partial charge in [0.15, 0.2) is 0 Å². The Labute approximate surface area is 84.2 Å². The average molecular weight is 195 g/mol. The Balaban J connectivity index is 2.27. The number of aliphatic hydroxyl groups is 1. The van der Waals surface area contributed by atoms with Crippen LogP contribution in [0.3, 0.4) is 0 Å². The second-order valence-corrected chi connectivity index (χ2v) is 4.23. The minimum atomic E-state index is -0.759. The molecule has 4 nitrogen and oxygen atoms in total. The molecule has 1 atom stereocenters. The lowest BCUT2D eigenvalue weighted by Gasteiger charge is -2.36. The number of piperidine rings is 1. The molecule has 0 radical (unpaired) electrons. The van der Waals surface area contributed by atoms with Gasteiger partial charge in [0.25, 0.3) is 0 Å². The molecule has 1 aliphatic rings.